The fraction of sp³-hybridized carbons (Fsp3) is 0.500. The van der Waals surface area contributed by atoms with E-state index in [4.69, 9.17) is 0 Å². The summed E-state index contributed by atoms with van der Waals surface area (Å²) < 4.78 is 38.2. The molecule has 0 amide bonds. The summed E-state index contributed by atoms with van der Waals surface area (Å²) in [5.74, 6) is 2.04. The van der Waals surface area contributed by atoms with E-state index in [0.29, 0.717) is 11.7 Å². The largest absolute Gasteiger partial charge is 0.417 e. The first-order chi connectivity index (χ1) is 12.4. The van der Waals surface area contributed by atoms with E-state index in [0.717, 1.165) is 56.3 Å². The third-order valence-corrected chi connectivity index (χ3v) is 5.30. The number of hydrogen-bond donors (Lipinski definition) is 0. The van der Waals surface area contributed by atoms with Crippen LogP contribution in [0.3, 0.4) is 0 Å². The van der Waals surface area contributed by atoms with Gasteiger partial charge in [0.05, 0.1) is 23.5 Å². The molecule has 4 rings (SSSR count). The van der Waals surface area contributed by atoms with Crippen molar-refractivity contribution in [2.24, 2.45) is 5.92 Å². The molecule has 2 atom stereocenters. The first kappa shape index (κ1) is 17.1. The Balaban J connectivity index is 1.53. The van der Waals surface area contributed by atoms with Crippen LogP contribution in [-0.4, -0.2) is 40.6 Å². The van der Waals surface area contributed by atoms with Gasteiger partial charge in [-0.25, -0.2) is 9.97 Å². The van der Waals surface area contributed by atoms with Gasteiger partial charge in [0.1, 0.15) is 11.6 Å². The molecule has 26 heavy (non-hydrogen) atoms. The molecule has 4 heterocycles. The molecule has 2 aliphatic rings. The van der Waals surface area contributed by atoms with Crippen LogP contribution in [0.25, 0.3) is 0 Å². The zero-order chi connectivity index (χ0) is 18.3. The molecule has 0 radical (unpaired) electrons. The lowest BCUT2D eigenvalue weighted by Gasteiger charge is -2.39. The maximum atomic E-state index is 12.7. The zero-order valence-corrected chi connectivity index (χ0v) is 14.4. The van der Waals surface area contributed by atoms with Crippen LogP contribution in [0.4, 0.5) is 24.8 Å². The average Bonchev–Trinajstić information content (AvgIpc) is 3.04. The lowest BCUT2D eigenvalue weighted by atomic mass is 9.92. The number of nitrogens with zero attached hydrogens (tertiary/aromatic N) is 5. The van der Waals surface area contributed by atoms with Gasteiger partial charge in [-0.3, -0.25) is 4.98 Å². The summed E-state index contributed by atoms with van der Waals surface area (Å²) in [5, 5.41) is 0. The molecule has 2 fully saturated rings. The number of alkyl halides is 3. The molecule has 2 unspecified atom stereocenters. The van der Waals surface area contributed by atoms with Gasteiger partial charge in [0.25, 0.3) is 0 Å². The Morgan fingerprint density at radius 1 is 1.04 bits per heavy atom. The van der Waals surface area contributed by atoms with Crippen molar-refractivity contribution in [1.29, 1.82) is 0 Å². The number of piperidine rings is 1. The lowest BCUT2D eigenvalue weighted by molar-refractivity contribution is -0.137. The Bertz CT molecular complexity index is 777. The van der Waals surface area contributed by atoms with Crippen molar-refractivity contribution < 1.29 is 13.2 Å². The fourth-order valence-corrected chi connectivity index (χ4v) is 3.96. The third kappa shape index (κ3) is 3.20. The van der Waals surface area contributed by atoms with Gasteiger partial charge >= 0.3 is 6.18 Å². The van der Waals surface area contributed by atoms with Crippen molar-refractivity contribution in [3.63, 3.8) is 0 Å². The molecule has 0 bridgehead atoms. The van der Waals surface area contributed by atoms with E-state index in [1.165, 1.54) is 6.07 Å². The standard InChI is InChI=1S/C18H20F3N5/c1-12-8-22-10-17(24-12)26-7-5-13-4-6-25(11-15(13)26)16-3-2-14(9-23-16)18(19,20)21/h2-3,8-10,13,15H,4-7,11H2,1H3. The summed E-state index contributed by atoms with van der Waals surface area (Å²) in [6.07, 6.45) is 2.18. The van der Waals surface area contributed by atoms with Crippen LogP contribution < -0.4 is 9.80 Å². The second-order valence-electron chi connectivity index (χ2n) is 6.97. The van der Waals surface area contributed by atoms with E-state index in [1.54, 1.807) is 12.4 Å². The maximum absolute atomic E-state index is 12.7. The summed E-state index contributed by atoms with van der Waals surface area (Å²) in [5.41, 5.74) is 0.164. The van der Waals surface area contributed by atoms with Crippen molar-refractivity contribution in [3.05, 3.63) is 42.0 Å². The number of aryl methyl sites for hydroxylation is 1. The van der Waals surface area contributed by atoms with Crippen LogP contribution in [0.2, 0.25) is 0 Å². The summed E-state index contributed by atoms with van der Waals surface area (Å²) >= 11 is 0. The van der Waals surface area contributed by atoms with Gasteiger partial charge in [-0.05, 0) is 37.8 Å². The van der Waals surface area contributed by atoms with Crippen LogP contribution in [-0.2, 0) is 6.18 Å². The maximum Gasteiger partial charge on any atom is 0.417 e. The number of anilines is 2. The molecule has 138 valence electrons. The van der Waals surface area contributed by atoms with E-state index >= 15 is 0 Å². The van der Waals surface area contributed by atoms with E-state index in [-0.39, 0.29) is 6.04 Å². The van der Waals surface area contributed by atoms with Gasteiger partial charge < -0.3 is 9.80 Å². The number of pyridine rings is 1. The first-order valence-corrected chi connectivity index (χ1v) is 8.75. The Kier molecular flexibility index (Phi) is 4.20. The highest BCUT2D eigenvalue weighted by atomic mass is 19.4. The Morgan fingerprint density at radius 2 is 1.85 bits per heavy atom. The lowest BCUT2D eigenvalue weighted by Crippen LogP contribution is -2.48. The Labute approximate surface area is 149 Å². The second kappa shape index (κ2) is 6.41. The fourth-order valence-electron chi connectivity index (χ4n) is 3.96. The normalized spacial score (nSPS) is 23.2. The van der Waals surface area contributed by atoms with Crippen molar-refractivity contribution in [3.8, 4) is 0 Å². The predicted octanol–water partition coefficient (Wildman–Crippen LogP) is 3.30. The monoisotopic (exact) mass is 363 g/mol. The molecule has 0 N–H and O–H groups in total. The number of fused-ring (bicyclic) bond motifs is 1. The molecule has 2 aromatic rings. The molecule has 2 aliphatic heterocycles. The van der Waals surface area contributed by atoms with Gasteiger partial charge in [0.2, 0.25) is 0 Å². The van der Waals surface area contributed by atoms with Crippen LogP contribution in [0.1, 0.15) is 24.1 Å². The topological polar surface area (TPSA) is 45.2 Å². The first-order valence-electron chi connectivity index (χ1n) is 8.75. The van der Waals surface area contributed by atoms with Crippen molar-refractivity contribution in [2.45, 2.75) is 32.0 Å². The molecule has 5 nitrogen and oxygen atoms in total. The summed E-state index contributed by atoms with van der Waals surface area (Å²) in [4.78, 5) is 17.2. The van der Waals surface area contributed by atoms with Gasteiger partial charge in [-0.2, -0.15) is 13.2 Å². The second-order valence-corrected chi connectivity index (χ2v) is 6.97. The molecule has 0 aromatic carbocycles. The molecule has 0 aliphatic carbocycles. The molecule has 0 saturated carbocycles. The number of aromatic nitrogens is 3. The molecule has 8 heteroatoms. The summed E-state index contributed by atoms with van der Waals surface area (Å²) in [6.45, 7) is 4.40. The van der Waals surface area contributed by atoms with Crippen LogP contribution in [0.15, 0.2) is 30.7 Å². The van der Waals surface area contributed by atoms with E-state index in [1.807, 2.05) is 6.92 Å². The van der Waals surface area contributed by atoms with Crippen LogP contribution in [0, 0.1) is 12.8 Å². The van der Waals surface area contributed by atoms with Gasteiger partial charge in [-0.15, -0.1) is 0 Å². The van der Waals surface area contributed by atoms with Crippen LogP contribution >= 0.6 is 0 Å². The Morgan fingerprint density at radius 3 is 2.54 bits per heavy atom. The zero-order valence-electron chi connectivity index (χ0n) is 14.4. The van der Waals surface area contributed by atoms with Gasteiger partial charge in [0.15, 0.2) is 0 Å². The minimum Gasteiger partial charge on any atom is -0.355 e. The minimum atomic E-state index is -4.36. The van der Waals surface area contributed by atoms with E-state index in [9.17, 15) is 13.2 Å². The number of hydrogen-bond acceptors (Lipinski definition) is 5. The van der Waals surface area contributed by atoms with Crippen molar-refractivity contribution in [2.75, 3.05) is 29.4 Å². The molecular weight excluding hydrogens is 343 g/mol. The highest BCUT2D eigenvalue weighted by Crippen LogP contribution is 2.36. The molecular formula is C18H20F3N5. The summed E-state index contributed by atoms with van der Waals surface area (Å²) in [6, 6.07) is 2.85. The average molecular weight is 363 g/mol. The van der Waals surface area contributed by atoms with Gasteiger partial charge in [0, 0.05) is 32.0 Å². The molecule has 2 aromatic heterocycles. The highest BCUT2D eigenvalue weighted by molar-refractivity contribution is 5.45. The Hall–Kier alpha value is -2.38. The van der Waals surface area contributed by atoms with Gasteiger partial charge in [-0.1, -0.05) is 0 Å². The smallest absolute Gasteiger partial charge is 0.355 e. The molecule has 2 saturated heterocycles. The van der Waals surface area contributed by atoms with Crippen molar-refractivity contribution in [1.82, 2.24) is 15.0 Å². The summed E-state index contributed by atoms with van der Waals surface area (Å²) in [7, 11) is 0. The van der Waals surface area contributed by atoms with E-state index in [2.05, 4.69) is 24.8 Å². The minimum absolute atomic E-state index is 0.281. The van der Waals surface area contributed by atoms with E-state index < -0.39 is 11.7 Å². The quantitative estimate of drug-likeness (QED) is 0.819. The third-order valence-electron chi connectivity index (χ3n) is 5.30. The number of halogens is 3. The van der Waals surface area contributed by atoms with Crippen molar-refractivity contribution >= 4 is 11.6 Å². The highest BCUT2D eigenvalue weighted by Gasteiger charge is 2.39. The predicted molar refractivity (Wildman–Crippen MR) is 92.1 cm³/mol. The molecule has 0 spiro atoms. The number of rotatable bonds is 2. The SMILES string of the molecule is Cc1cncc(N2CCC3CCN(c4ccc(C(F)(F)F)cn4)CC32)n1. The van der Waals surface area contributed by atoms with Crippen LogP contribution in [0.5, 0.6) is 0 Å².